The Bertz CT molecular complexity index is 1060. The van der Waals surface area contributed by atoms with E-state index in [-0.39, 0.29) is 11.7 Å². The van der Waals surface area contributed by atoms with Crippen LogP contribution in [-0.4, -0.2) is 46.5 Å². The maximum atomic E-state index is 11.9. The molecule has 2 aliphatic rings. The first kappa shape index (κ1) is 18.2. The van der Waals surface area contributed by atoms with E-state index in [2.05, 4.69) is 44.9 Å². The average molecular weight is 394 g/mol. The van der Waals surface area contributed by atoms with Gasteiger partial charge < -0.3 is 23.5 Å². The van der Waals surface area contributed by atoms with Gasteiger partial charge in [0.1, 0.15) is 17.7 Å². The molecule has 152 valence electrons. The van der Waals surface area contributed by atoms with E-state index < -0.39 is 0 Å². The SMILES string of the molecule is Cn1cnc(N2CCC(Oc3cccc4c3ccn4C3CCOC3)CC2)cc1=O. The van der Waals surface area contributed by atoms with Gasteiger partial charge in [-0.15, -0.1) is 0 Å². The van der Waals surface area contributed by atoms with Gasteiger partial charge >= 0.3 is 0 Å². The van der Waals surface area contributed by atoms with Crippen LogP contribution >= 0.6 is 0 Å². The van der Waals surface area contributed by atoms with Crippen LogP contribution in [0, 0.1) is 0 Å². The fraction of sp³-hybridized carbons (Fsp3) is 0.455. The Morgan fingerprint density at radius 3 is 2.79 bits per heavy atom. The third kappa shape index (κ3) is 3.51. The van der Waals surface area contributed by atoms with Crippen molar-refractivity contribution in [1.82, 2.24) is 14.1 Å². The molecule has 0 saturated carbocycles. The van der Waals surface area contributed by atoms with Crippen molar-refractivity contribution in [3.63, 3.8) is 0 Å². The van der Waals surface area contributed by atoms with Crippen LogP contribution in [0.1, 0.15) is 25.3 Å². The maximum absolute atomic E-state index is 11.9. The lowest BCUT2D eigenvalue weighted by molar-refractivity contribution is 0.173. The molecule has 7 nitrogen and oxygen atoms in total. The van der Waals surface area contributed by atoms with Crippen molar-refractivity contribution in [2.24, 2.45) is 7.05 Å². The largest absolute Gasteiger partial charge is 0.490 e. The van der Waals surface area contributed by atoms with Gasteiger partial charge in [-0.2, -0.15) is 0 Å². The summed E-state index contributed by atoms with van der Waals surface area (Å²) in [7, 11) is 1.72. The van der Waals surface area contributed by atoms with Crippen molar-refractivity contribution < 1.29 is 9.47 Å². The van der Waals surface area contributed by atoms with Gasteiger partial charge in [0.25, 0.3) is 5.56 Å². The van der Waals surface area contributed by atoms with Crippen molar-refractivity contribution >= 4 is 16.7 Å². The molecule has 0 bridgehead atoms. The number of hydrogen-bond acceptors (Lipinski definition) is 5. The molecule has 1 unspecified atom stereocenters. The molecule has 2 aromatic heterocycles. The average Bonchev–Trinajstić information content (AvgIpc) is 3.41. The molecule has 7 heteroatoms. The molecule has 29 heavy (non-hydrogen) atoms. The molecule has 0 radical (unpaired) electrons. The van der Waals surface area contributed by atoms with E-state index in [1.807, 2.05) is 0 Å². The van der Waals surface area contributed by atoms with Crippen LogP contribution < -0.4 is 15.2 Å². The summed E-state index contributed by atoms with van der Waals surface area (Å²) >= 11 is 0. The summed E-state index contributed by atoms with van der Waals surface area (Å²) in [5, 5.41) is 1.16. The first-order valence-electron chi connectivity index (χ1n) is 10.3. The molecule has 0 amide bonds. The van der Waals surface area contributed by atoms with E-state index in [9.17, 15) is 4.79 Å². The molecule has 3 aromatic rings. The van der Waals surface area contributed by atoms with E-state index in [4.69, 9.17) is 9.47 Å². The van der Waals surface area contributed by atoms with Crippen molar-refractivity contribution in [2.45, 2.75) is 31.4 Å². The Hall–Kier alpha value is -2.80. The van der Waals surface area contributed by atoms with Crippen LogP contribution in [0.2, 0.25) is 0 Å². The molecule has 5 rings (SSSR count). The van der Waals surface area contributed by atoms with Crippen molar-refractivity contribution in [3.05, 3.63) is 53.2 Å². The number of aryl methyl sites for hydroxylation is 1. The summed E-state index contributed by atoms with van der Waals surface area (Å²) in [5.41, 5.74) is 1.18. The lowest BCUT2D eigenvalue weighted by Crippen LogP contribution is -2.39. The smallest absolute Gasteiger partial charge is 0.255 e. The standard InChI is InChI=1S/C22H26N4O3/c1-24-15-23-21(13-22(24)27)25-9-5-17(6-10-25)29-20-4-2-3-19-18(20)7-11-26(19)16-8-12-28-14-16/h2-4,7,11,13,15-17H,5-6,8-10,12,14H2,1H3. The number of hydrogen-bond donors (Lipinski definition) is 0. The lowest BCUT2D eigenvalue weighted by atomic mass is 10.1. The Morgan fingerprint density at radius 2 is 2.03 bits per heavy atom. The van der Waals surface area contributed by atoms with Gasteiger partial charge in [0.15, 0.2) is 0 Å². The van der Waals surface area contributed by atoms with Crippen molar-refractivity contribution in [2.75, 3.05) is 31.2 Å². The third-order valence-electron chi connectivity index (χ3n) is 6.05. The van der Waals surface area contributed by atoms with Gasteiger partial charge in [-0.3, -0.25) is 4.79 Å². The number of piperidine rings is 1. The minimum Gasteiger partial charge on any atom is -0.490 e. The predicted octanol–water partition coefficient (Wildman–Crippen LogP) is 2.74. The van der Waals surface area contributed by atoms with Crippen LogP contribution in [0.25, 0.3) is 10.9 Å². The molecular formula is C22H26N4O3. The van der Waals surface area contributed by atoms with Crippen molar-refractivity contribution in [1.29, 1.82) is 0 Å². The topological polar surface area (TPSA) is 61.5 Å². The van der Waals surface area contributed by atoms with Gasteiger partial charge in [-0.05, 0) is 24.6 Å². The van der Waals surface area contributed by atoms with E-state index >= 15 is 0 Å². The fourth-order valence-corrected chi connectivity index (χ4v) is 4.33. The normalized spacial score (nSPS) is 20.4. The number of ether oxygens (including phenoxy) is 2. The van der Waals surface area contributed by atoms with Gasteiger partial charge in [-0.25, -0.2) is 4.98 Å². The zero-order chi connectivity index (χ0) is 19.8. The molecule has 1 aromatic carbocycles. The quantitative estimate of drug-likeness (QED) is 0.681. The molecule has 4 heterocycles. The second-order valence-corrected chi connectivity index (χ2v) is 7.93. The molecule has 2 fully saturated rings. The minimum atomic E-state index is -0.0303. The van der Waals surface area contributed by atoms with Crippen LogP contribution in [-0.2, 0) is 11.8 Å². The third-order valence-corrected chi connectivity index (χ3v) is 6.05. The first-order chi connectivity index (χ1) is 14.2. The second-order valence-electron chi connectivity index (χ2n) is 7.93. The Morgan fingerprint density at radius 1 is 1.17 bits per heavy atom. The lowest BCUT2D eigenvalue weighted by Gasteiger charge is -2.33. The van der Waals surface area contributed by atoms with E-state index in [0.717, 1.165) is 62.5 Å². The van der Waals surface area contributed by atoms with E-state index in [0.29, 0.717) is 6.04 Å². The van der Waals surface area contributed by atoms with Crippen LogP contribution in [0.5, 0.6) is 5.75 Å². The van der Waals surface area contributed by atoms with Gasteiger partial charge in [0, 0.05) is 57.2 Å². The Labute approximate surface area is 169 Å². The maximum Gasteiger partial charge on any atom is 0.255 e. The molecule has 0 aliphatic carbocycles. The van der Waals surface area contributed by atoms with Gasteiger partial charge in [0.05, 0.1) is 24.5 Å². The summed E-state index contributed by atoms with van der Waals surface area (Å²) in [6.45, 7) is 3.29. The number of anilines is 1. The number of aromatic nitrogens is 3. The van der Waals surface area contributed by atoms with Crippen molar-refractivity contribution in [3.8, 4) is 5.75 Å². The number of nitrogens with zero attached hydrogens (tertiary/aromatic N) is 4. The van der Waals surface area contributed by atoms with Crippen LogP contribution in [0.3, 0.4) is 0 Å². The monoisotopic (exact) mass is 394 g/mol. The minimum absolute atomic E-state index is 0.0303. The molecule has 0 spiro atoms. The highest BCUT2D eigenvalue weighted by molar-refractivity contribution is 5.86. The fourth-order valence-electron chi connectivity index (χ4n) is 4.33. The van der Waals surface area contributed by atoms with E-state index in [1.54, 1.807) is 19.4 Å². The number of benzene rings is 1. The highest BCUT2D eigenvalue weighted by atomic mass is 16.5. The number of rotatable bonds is 4. The zero-order valence-corrected chi connectivity index (χ0v) is 16.7. The Kier molecular flexibility index (Phi) is 4.75. The predicted molar refractivity (Wildman–Crippen MR) is 112 cm³/mol. The Balaban J connectivity index is 1.28. The summed E-state index contributed by atoms with van der Waals surface area (Å²) in [4.78, 5) is 18.4. The van der Waals surface area contributed by atoms with Crippen LogP contribution in [0.4, 0.5) is 5.82 Å². The molecule has 2 saturated heterocycles. The molecular weight excluding hydrogens is 368 g/mol. The van der Waals surface area contributed by atoms with E-state index in [1.165, 1.54) is 10.1 Å². The molecule has 2 aliphatic heterocycles. The summed E-state index contributed by atoms with van der Waals surface area (Å²) in [5.74, 6) is 1.70. The first-order valence-corrected chi connectivity index (χ1v) is 10.3. The van der Waals surface area contributed by atoms with Crippen LogP contribution in [0.15, 0.2) is 47.7 Å². The number of fused-ring (bicyclic) bond motifs is 1. The summed E-state index contributed by atoms with van der Waals surface area (Å²) in [6.07, 6.45) is 6.78. The zero-order valence-electron chi connectivity index (χ0n) is 16.7. The summed E-state index contributed by atoms with van der Waals surface area (Å²) < 4.78 is 15.8. The van der Waals surface area contributed by atoms with Gasteiger partial charge in [0.2, 0.25) is 0 Å². The molecule has 0 N–H and O–H groups in total. The van der Waals surface area contributed by atoms with Gasteiger partial charge in [-0.1, -0.05) is 6.07 Å². The highest BCUT2D eigenvalue weighted by Gasteiger charge is 2.24. The summed E-state index contributed by atoms with van der Waals surface area (Å²) in [6, 6.07) is 10.5. The highest BCUT2D eigenvalue weighted by Crippen LogP contribution is 2.32. The second kappa shape index (κ2) is 7.55. The molecule has 1 atom stereocenters.